The summed E-state index contributed by atoms with van der Waals surface area (Å²) < 4.78 is 42.7. The highest BCUT2D eigenvalue weighted by Crippen LogP contribution is 2.21. The average Bonchev–Trinajstić information content (AvgIpc) is 2.82. The number of esters is 1. The third-order valence-corrected chi connectivity index (χ3v) is 2.90. The van der Waals surface area contributed by atoms with Crippen LogP contribution in [0.1, 0.15) is 11.3 Å². The Kier molecular flexibility index (Phi) is 4.81. The summed E-state index contributed by atoms with van der Waals surface area (Å²) in [5.41, 5.74) is 6.90. The van der Waals surface area contributed by atoms with Crippen molar-refractivity contribution in [3.05, 3.63) is 47.8 Å². The topological polar surface area (TPSA) is 70.1 Å². The van der Waals surface area contributed by atoms with Crippen molar-refractivity contribution in [1.82, 2.24) is 9.55 Å². The van der Waals surface area contributed by atoms with Gasteiger partial charge in [0.1, 0.15) is 0 Å². The lowest BCUT2D eigenvalue weighted by Gasteiger charge is -2.12. The molecule has 0 fully saturated rings. The van der Waals surface area contributed by atoms with Crippen molar-refractivity contribution >= 4 is 5.97 Å². The molecule has 0 saturated heterocycles. The molecule has 22 heavy (non-hydrogen) atoms. The molecule has 1 aromatic carbocycles. The van der Waals surface area contributed by atoms with E-state index in [1.54, 1.807) is 12.1 Å². The maximum Gasteiger partial charge on any atom is 0.491 e. The Morgan fingerprint density at radius 1 is 1.27 bits per heavy atom. The maximum absolute atomic E-state index is 12.3. The number of carbonyl (C=O) groups is 1. The molecule has 0 radical (unpaired) electrons. The van der Waals surface area contributed by atoms with Crippen molar-refractivity contribution in [1.29, 1.82) is 0 Å². The predicted molar refractivity (Wildman–Crippen MR) is 72.2 cm³/mol. The van der Waals surface area contributed by atoms with Crippen LogP contribution in [0.4, 0.5) is 13.2 Å². The Labute approximate surface area is 124 Å². The molecule has 5 nitrogen and oxygen atoms in total. The molecule has 2 aromatic rings. The predicted octanol–water partition coefficient (Wildman–Crippen LogP) is 1.90. The molecule has 0 saturated carbocycles. The summed E-state index contributed by atoms with van der Waals surface area (Å²) in [6.45, 7) is 0.532. The van der Waals surface area contributed by atoms with Gasteiger partial charge in [0.2, 0.25) is 0 Å². The number of benzene rings is 1. The van der Waals surface area contributed by atoms with Crippen LogP contribution in [0.3, 0.4) is 0 Å². The van der Waals surface area contributed by atoms with E-state index in [9.17, 15) is 18.0 Å². The largest absolute Gasteiger partial charge is 0.491 e. The van der Waals surface area contributed by atoms with E-state index in [0.717, 1.165) is 5.56 Å². The Bertz CT molecular complexity index is 639. The minimum absolute atomic E-state index is 0.233. The summed E-state index contributed by atoms with van der Waals surface area (Å²) in [5, 5.41) is 0. The lowest BCUT2D eigenvalue weighted by Crippen LogP contribution is -2.29. The Balaban J connectivity index is 2.28. The van der Waals surface area contributed by atoms with Crippen LogP contribution in [0, 0.1) is 0 Å². The molecule has 0 unspecified atom stereocenters. The standard InChI is InChI=1S/C14H14F3N3O2/c15-14(16,17)12(21)22-13-19-8-11(6-7-18)20(13)9-10-4-2-1-3-5-10/h1-5,8H,6-7,9,18H2. The van der Waals surface area contributed by atoms with E-state index in [1.165, 1.54) is 10.8 Å². The Morgan fingerprint density at radius 2 is 1.95 bits per heavy atom. The molecule has 0 aliphatic heterocycles. The molecule has 1 heterocycles. The third-order valence-electron chi connectivity index (χ3n) is 2.90. The monoisotopic (exact) mass is 313 g/mol. The van der Waals surface area contributed by atoms with Gasteiger partial charge >= 0.3 is 18.2 Å². The first-order valence-electron chi connectivity index (χ1n) is 6.49. The molecule has 0 spiro atoms. The van der Waals surface area contributed by atoms with Gasteiger partial charge in [-0.15, -0.1) is 0 Å². The number of rotatable bonds is 5. The molecule has 1 aromatic heterocycles. The van der Waals surface area contributed by atoms with Gasteiger partial charge in [0.25, 0.3) is 0 Å². The van der Waals surface area contributed by atoms with E-state index in [0.29, 0.717) is 18.7 Å². The lowest BCUT2D eigenvalue weighted by atomic mass is 10.2. The van der Waals surface area contributed by atoms with Gasteiger partial charge in [-0.3, -0.25) is 4.57 Å². The highest BCUT2D eigenvalue weighted by Gasteiger charge is 2.42. The highest BCUT2D eigenvalue weighted by atomic mass is 19.4. The number of ether oxygens (including phenoxy) is 1. The summed E-state index contributed by atoms with van der Waals surface area (Å²) in [6.07, 6.45) is -3.31. The SMILES string of the molecule is NCCc1cnc(OC(=O)C(F)(F)F)n1Cc1ccccc1. The highest BCUT2D eigenvalue weighted by molar-refractivity contribution is 5.77. The fourth-order valence-corrected chi connectivity index (χ4v) is 1.90. The van der Waals surface area contributed by atoms with E-state index in [1.807, 2.05) is 18.2 Å². The van der Waals surface area contributed by atoms with Crippen LogP contribution in [0.25, 0.3) is 0 Å². The smallest absolute Gasteiger partial charge is 0.385 e. The van der Waals surface area contributed by atoms with Crippen LogP contribution in [0.2, 0.25) is 0 Å². The van der Waals surface area contributed by atoms with Crippen LogP contribution >= 0.6 is 0 Å². The first kappa shape index (κ1) is 16.0. The molecule has 118 valence electrons. The molecule has 0 amide bonds. The van der Waals surface area contributed by atoms with Gasteiger partial charge in [0.15, 0.2) is 0 Å². The summed E-state index contributed by atoms with van der Waals surface area (Å²) in [4.78, 5) is 14.7. The molecule has 0 bridgehead atoms. The van der Waals surface area contributed by atoms with Gasteiger partial charge in [-0.25, -0.2) is 9.78 Å². The van der Waals surface area contributed by atoms with Crippen molar-refractivity contribution in [3.63, 3.8) is 0 Å². The number of nitrogens with two attached hydrogens (primary N) is 1. The van der Waals surface area contributed by atoms with Crippen molar-refractivity contribution in [2.75, 3.05) is 6.54 Å². The minimum atomic E-state index is -5.07. The van der Waals surface area contributed by atoms with Gasteiger partial charge < -0.3 is 10.5 Å². The van der Waals surface area contributed by atoms with Crippen LogP contribution in [-0.4, -0.2) is 28.2 Å². The normalized spacial score (nSPS) is 11.5. The van der Waals surface area contributed by atoms with Crippen molar-refractivity contribution in [2.45, 2.75) is 19.1 Å². The van der Waals surface area contributed by atoms with Gasteiger partial charge in [-0.2, -0.15) is 13.2 Å². The average molecular weight is 313 g/mol. The zero-order chi connectivity index (χ0) is 16.2. The van der Waals surface area contributed by atoms with E-state index in [-0.39, 0.29) is 6.54 Å². The first-order chi connectivity index (χ1) is 10.4. The first-order valence-corrected chi connectivity index (χ1v) is 6.49. The van der Waals surface area contributed by atoms with Crippen LogP contribution in [-0.2, 0) is 17.8 Å². The number of nitrogens with zero attached hydrogens (tertiary/aromatic N) is 2. The second-order valence-electron chi connectivity index (χ2n) is 4.53. The van der Waals surface area contributed by atoms with Crippen LogP contribution in [0.5, 0.6) is 6.01 Å². The summed E-state index contributed by atoms with van der Waals surface area (Å²) >= 11 is 0. The summed E-state index contributed by atoms with van der Waals surface area (Å²) in [5.74, 6) is -2.30. The second kappa shape index (κ2) is 6.61. The molecule has 8 heteroatoms. The molecule has 0 aliphatic rings. The van der Waals surface area contributed by atoms with E-state index >= 15 is 0 Å². The second-order valence-corrected chi connectivity index (χ2v) is 4.53. The Hall–Kier alpha value is -2.35. The number of carbonyl (C=O) groups excluding carboxylic acids is 1. The molecule has 0 atom stereocenters. The van der Waals surface area contributed by atoms with E-state index < -0.39 is 18.2 Å². The zero-order valence-corrected chi connectivity index (χ0v) is 11.5. The molecule has 2 rings (SSSR count). The lowest BCUT2D eigenvalue weighted by molar-refractivity contribution is -0.190. The third kappa shape index (κ3) is 3.85. The zero-order valence-electron chi connectivity index (χ0n) is 11.5. The summed E-state index contributed by atoms with van der Waals surface area (Å²) in [6, 6.07) is 8.65. The van der Waals surface area contributed by atoms with E-state index in [4.69, 9.17) is 5.73 Å². The van der Waals surface area contributed by atoms with Gasteiger partial charge in [0, 0.05) is 12.1 Å². The van der Waals surface area contributed by atoms with Gasteiger partial charge in [-0.05, 0) is 12.1 Å². The van der Waals surface area contributed by atoms with Gasteiger partial charge in [0.05, 0.1) is 12.7 Å². The summed E-state index contributed by atoms with van der Waals surface area (Å²) in [7, 11) is 0. The van der Waals surface area contributed by atoms with Crippen LogP contribution in [0.15, 0.2) is 36.5 Å². The van der Waals surface area contributed by atoms with E-state index in [2.05, 4.69) is 9.72 Å². The number of hydrogen-bond donors (Lipinski definition) is 1. The molecule has 0 aliphatic carbocycles. The number of hydrogen-bond acceptors (Lipinski definition) is 4. The maximum atomic E-state index is 12.3. The molecular weight excluding hydrogens is 299 g/mol. The number of halogens is 3. The van der Waals surface area contributed by atoms with Crippen molar-refractivity contribution in [2.24, 2.45) is 5.73 Å². The van der Waals surface area contributed by atoms with Gasteiger partial charge in [-0.1, -0.05) is 30.3 Å². The molecular formula is C14H14F3N3O2. The van der Waals surface area contributed by atoms with Crippen molar-refractivity contribution < 1.29 is 22.7 Å². The number of alkyl halides is 3. The number of aromatic nitrogens is 2. The quantitative estimate of drug-likeness (QED) is 0.856. The fourth-order valence-electron chi connectivity index (χ4n) is 1.90. The van der Waals surface area contributed by atoms with Crippen molar-refractivity contribution in [3.8, 4) is 6.01 Å². The molecule has 2 N–H and O–H groups in total. The minimum Gasteiger partial charge on any atom is -0.385 e. The fraction of sp³-hybridized carbons (Fsp3) is 0.286. The Morgan fingerprint density at radius 3 is 2.55 bits per heavy atom. The number of imidazole rings is 1. The van der Waals surface area contributed by atoms with Crippen LogP contribution < -0.4 is 10.5 Å².